The molecule has 2 rings (SSSR count). The summed E-state index contributed by atoms with van der Waals surface area (Å²) in [7, 11) is 0. The van der Waals surface area contributed by atoms with Gasteiger partial charge in [0.25, 0.3) is 0 Å². The van der Waals surface area contributed by atoms with Crippen molar-refractivity contribution in [2.45, 2.75) is 26.0 Å². The summed E-state index contributed by atoms with van der Waals surface area (Å²) in [5.74, 6) is 0.474. The molecule has 0 bridgehead atoms. The van der Waals surface area contributed by atoms with E-state index in [-0.39, 0.29) is 18.5 Å². The van der Waals surface area contributed by atoms with E-state index in [1.165, 1.54) is 6.07 Å². The molecular formula is C16H18FNO. The standard InChI is InChI=1S/C16H18FNO/c1-2-16(18)12-7-9-14(10-8-12)19-11-13-5-3-4-6-15(13)17/h3-10,16H,2,11,18H2,1H3. The van der Waals surface area contributed by atoms with Crippen molar-refractivity contribution in [3.8, 4) is 5.75 Å². The monoisotopic (exact) mass is 259 g/mol. The Labute approximate surface area is 113 Å². The van der Waals surface area contributed by atoms with Crippen molar-refractivity contribution < 1.29 is 9.13 Å². The van der Waals surface area contributed by atoms with Crippen molar-refractivity contribution in [2.24, 2.45) is 5.73 Å². The average Bonchev–Trinajstić information content (AvgIpc) is 2.46. The highest BCUT2D eigenvalue weighted by molar-refractivity contribution is 5.29. The van der Waals surface area contributed by atoms with Crippen molar-refractivity contribution in [3.63, 3.8) is 0 Å². The van der Waals surface area contributed by atoms with E-state index in [1.54, 1.807) is 18.2 Å². The van der Waals surface area contributed by atoms with Crippen LogP contribution in [0.1, 0.15) is 30.5 Å². The van der Waals surface area contributed by atoms with E-state index in [4.69, 9.17) is 10.5 Å². The van der Waals surface area contributed by atoms with Gasteiger partial charge in [-0.1, -0.05) is 37.3 Å². The van der Waals surface area contributed by atoms with Crippen LogP contribution in [0.5, 0.6) is 5.75 Å². The molecule has 2 N–H and O–H groups in total. The van der Waals surface area contributed by atoms with Crippen LogP contribution in [0.3, 0.4) is 0 Å². The number of hydrogen-bond acceptors (Lipinski definition) is 2. The van der Waals surface area contributed by atoms with E-state index in [0.717, 1.165) is 17.7 Å². The summed E-state index contributed by atoms with van der Waals surface area (Å²) in [6, 6.07) is 14.3. The molecule has 0 aliphatic rings. The van der Waals surface area contributed by atoms with E-state index in [1.807, 2.05) is 31.2 Å². The Hall–Kier alpha value is -1.87. The molecule has 2 aromatic rings. The van der Waals surface area contributed by atoms with E-state index < -0.39 is 0 Å². The second-order valence-corrected chi connectivity index (χ2v) is 4.46. The fraction of sp³-hybridized carbons (Fsp3) is 0.250. The number of hydrogen-bond donors (Lipinski definition) is 1. The number of rotatable bonds is 5. The summed E-state index contributed by atoms with van der Waals surface area (Å²) in [5.41, 5.74) is 7.58. The first-order valence-corrected chi connectivity index (χ1v) is 6.42. The molecule has 0 heterocycles. The van der Waals surface area contributed by atoms with Gasteiger partial charge >= 0.3 is 0 Å². The highest BCUT2D eigenvalue weighted by Crippen LogP contribution is 2.19. The maximum absolute atomic E-state index is 13.4. The first-order valence-electron chi connectivity index (χ1n) is 6.42. The van der Waals surface area contributed by atoms with Crippen molar-refractivity contribution in [1.29, 1.82) is 0 Å². The highest BCUT2D eigenvalue weighted by Gasteiger charge is 2.04. The maximum Gasteiger partial charge on any atom is 0.129 e. The molecular weight excluding hydrogens is 241 g/mol. The Balaban J connectivity index is 1.99. The lowest BCUT2D eigenvalue weighted by Crippen LogP contribution is -2.08. The molecule has 0 spiro atoms. The third-order valence-corrected chi connectivity index (χ3v) is 3.10. The van der Waals surface area contributed by atoms with Crippen LogP contribution in [0.4, 0.5) is 4.39 Å². The van der Waals surface area contributed by atoms with Gasteiger partial charge in [-0.3, -0.25) is 0 Å². The number of benzene rings is 2. The van der Waals surface area contributed by atoms with Crippen LogP contribution in [0.15, 0.2) is 48.5 Å². The first-order chi connectivity index (χ1) is 9.20. The van der Waals surface area contributed by atoms with E-state index >= 15 is 0 Å². The zero-order valence-electron chi connectivity index (χ0n) is 11.0. The third-order valence-electron chi connectivity index (χ3n) is 3.10. The van der Waals surface area contributed by atoms with Crippen LogP contribution < -0.4 is 10.5 Å². The van der Waals surface area contributed by atoms with Crippen LogP contribution in [0.2, 0.25) is 0 Å². The summed E-state index contributed by atoms with van der Waals surface area (Å²) in [5, 5.41) is 0. The molecule has 3 heteroatoms. The van der Waals surface area contributed by atoms with Crippen LogP contribution in [-0.2, 0) is 6.61 Å². The molecule has 2 aromatic carbocycles. The van der Waals surface area contributed by atoms with E-state index in [9.17, 15) is 4.39 Å². The largest absolute Gasteiger partial charge is 0.489 e. The topological polar surface area (TPSA) is 35.2 Å². The minimum Gasteiger partial charge on any atom is -0.489 e. The molecule has 19 heavy (non-hydrogen) atoms. The van der Waals surface area contributed by atoms with Gasteiger partial charge in [-0.05, 0) is 30.2 Å². The van der Waals surface area contributed by atoms with Crippen molar-refractivity contribution in [2.75, 3.05) is 0 Å². The predicted molar refractivity (Wildman–Crippen MR) is 74.4 cm³/mol. The van der Waals surface area contributed by atoms with Crippen molar-refractivity contribution in [1.82, 2.24) is 0 Å². The highest BCUT2D eigenvalue weighted by atomic mass is 19.1. The summed E-state index contributed by atoms with van der Waals surface area (Å²) in [4.78, 5) is 0. The number of nitrogens with two attached hydrogens (primary N) is 1. The smallest absolute Gasteiger partial charge is 0.129 e. The van der Waals surface area contributed by atoms with Gasteiger partial charge in [0, 0.05) is 11.6 Å². The Morgan fingerprint density at radius 2 is 1.79 bits per heavy atom. The molecule has 0 radical (unpaired) electrons. The lowest BCUT2D eigenvalue weighted by atomic mass is 10.1. The molecule has 0 aromatic heterocycles. The molecule has 0 aliphatic heterocycles. The minimum absolute atomic E-state index is 0.0561. The maximum atomic E-state index is 13.4. The van der Waals surface area contributed by atoms with Gasteiger partial charge in [-0.15, -0.1) is 0 Å². The molecule has 0 fully saturated rings. The van der Waals surface area contributed by atoms with Crippen LogP contribution in [0, 0.1) is 5.82 Å². The van der Waals surface area contributed by atoms with Crippen molar-refractivity contribution in [3.05, 3.63) is 65.5 Å². The number of halogens is 1. The van der Waals surface area contributed by atoms with Gasteiger partial charge in [0.2, 0.25) is 0 Å². The zero-order chi connectivity index (χ0) is 13.7. The first kappa shape index (κ1) is 13.6. The van der Waals surface area contributed by atoms with E-state index in [2.05, 4.69) is 0 Å². The quantitative estimate of drug-likeness (QED) is 0.886. The molecule has 0 saturated heterocycles. The third kappa shape index (κ3) is 3.55. The molecule has 100 valence electrons. The molecule has 0 aliphatic carbocycles. The molecule has 0 saturated carbocycles. The predicted octanol–water partition coefficient (Wildman–Crippen LogP) is 3.81. The van der Waals surface area contributed by atoms with Crippen LogP contribution in [-0.4, -0.2) is 0 Å². The molecule has 1 unspecified atom stereocenters. The van der Waals surface area contributed by atoms with Gasteiger partial charge in [-0.2, -0.15) is 0 Å². The Morgan fingerprint density at radius 1 is 1.11 bits per heavy atom. The number of ether oxygens (including phenoxy) is 1. The summed E-state index contributed by atoms with van der Waals surface area (Å²) >= 11 is 0. The lowest BCUT2D eigenvalue weighted by molar-refractivity contribution is 0.299. The van der Waals surface area contributed by atoms with Gasteiger partial charge in [0.1, 0.15) is 18.2 Å². The Kier molecular flexibility index (Phi) is 4.53. The van der Waals surface area contributed by atoms with Crippen LogP contribution in [0.25, 0.3) is 0 Å². The van der Waals surface area contributed by atoms with Gasteiger partial charge in [0.05, 0.1) is 0 Å². The van der Waals surface area contributed by atoms with Crippen molar-refractivity contribution >= 4 is 0 Å². The second-order valence-electron chi connectivity index (χ2n) is 4.46. The Bertz CT molecular complexity index is 525. The normalized spacial score (nSPS) is 12.2. The fourth-order valence-corrected chi connectivity index (χ4v) is 1.82. The van der Waals surface area contributed by atoms with Gasteiger partial charge in [0.15, 0.2) is 0 Å². The van der Waals surface area contributed by atoms with E-state index in [0.29, 0.717) is 5.56 Å². The second kappa shape index (κ2) is 6.34. The van der Waals surface area contributed by atoms with Crippen LogP contribution >= 0.6 is 0 Å². The summed E-state index contributed by atoms with van der Waals surface area (Å²) in [6.45, 7) is 2.28. The molecule has 0 amide bonds. The van der Waals surface area contributed by atoms with Gasteiger partial charge < -0.3 is 10.5 Å². The summed E-state index contributed by atoms with van der Waals surface area (Å²) in [6.07, 6.45) is 0.898. The fourth-order valence-electron chi connectivity index (χ4n) is 1.82. The lowest BCUT2D eigenvalue weighted by Gasteiger charge is -2.11. The average molecular weight is 259 g/mol. The molecule has 2 nitrogen and oxygen atoms in total. The summed E-state index contributed by atoms with van der Waals surface area (Å²) < 4.78 is 19.0. The zero-order valence-corrected chi connectivity index (χ0v) is 11.0. The Morgan fingerprint density at radius 3 is 2.42 bits per heavy atom. The molecule has 1 atom stereocenters. The SMILES string of the molecule is CCC(N)c1ccc(OCc2ccccc2F)cc1. The van der Waals surface area contributed by atoms with Gasteiger partial charge in [-0.25, -0.2) is 4.39 Å². The minimum atomic E-state index is -0.243.